The van der Waals surface area contributed by atoms with E-state index in [-0.39, 0.29) is 29.5 Å². The lowest BCUT2D eigenvalue weighted by molar-refractivity contribution is -0.186. The number of carbonyl (C=O) groups is 2. The van der Waals surface area contributed by atoms with Crippen LogP contribution in [-0.4, -0.2) is 46.2 Å². The number of nitrogens with zero attached hydrogens (tertiary/aromatic N) is 3. The normalized spacial score (nSPS) is 23.1. The molecule has 0 aliphatic heterocycles. The minimum absolute atomic E-state index is 0.0670. The average Bonchev–Trinajstić information content (AvgIpc) is 3.56. The first-order chi connectivity index (χ1) is 16.5. The van der Waals surface area contributed by atoms with Gasteiger partial charge in [-0.15, -0.1) is 0 Å². The Bertz CT molecular complexity index is 1060. The lowest BCUT2D eigenvalue weighted by atomic mass is 9.85. The molecular weight excluding hydrogens is 485 g/mol. The number of ether oxygens (including phenoxy) is 1. The number of aromatic nitrogens is 2. The van der Waals surface area contributed by atoms with Crippen LogP contribution in [0.4, 0.5) is 18.9 Å². The molecule has 2 aliphatic carbocycles. The molecule has 0 unspecified atom stereocenters. The summed E-state index contributed by atoms with van der Waals surface area (Å²) < 4.78 is 43.6. The van der Waals surface area contributed by atoms with Crippen molar-refractivity contribution >= 4 is 29.1 Å². The number of benzene rings is 1. The highest BCUT2D eigenvalue weighted by Crippen LogP contribution is 2.48. The summed E-state index contributed by atoms with van der Waals surface area (Å²) in [5.41, 5.74) is -2.58. The molecule has 35 heavy (non-hydrogen) atoms. The van der Waals surface area contributed by atoms with Gasteiger partial charge in [-0.3, -0.25) is 14.5 Å². The van der Waals surface area contributed by atoms with Gasteiger partial charge in [-0.2, -0.15) is 8.78 Å². The number of halogens is 4. The van der Waals surface area contributed by atoms with Crippen LogP contribution in [0.3, 0.4) is 0 Å². The summed E-state index contributed by atoms with van der Waals surface area (Å²) in [6.45, 7) is 0.673. The molecule has 4 rings (SSSR count). The molecule has 1 aromatic carbocycles. The minimum atomic E-state index is -2.90. The maximum atomic E-state index is 14.3. The smallest absolute Gasteiger partial charge is 0.345 e. The molecule has 1 heterocycles. The summed E-state index contributed by atoms with van der Waals surface area (Å²) in [7, 11) is 0. The van der Waals surface area contributed by atoms with E-state index < -0.39 is 41.7 Å². The third-order valence-electron chi connectivity index (χ3n) is 6.97. The fraction of sp³-hybridized carbons (Fsp3) is 0.500. The number of amides is 2. The summed E-state index contributed by atoms with van der Waals surface area (Å²) in [6.07, 6.45) is 5.75. The van der Waals surface area contributed by atoms with Crippen molar-refractivity contribution in [1.29, 1.82) is 0 Å². The first-order valence-corrected chi connectivity index (χ1v) is 11.7. The molecule has 0 spiro atoms. The molecule has 1 aromatic heterocycles. The van der Waals surface area contributed by atoms with E-state index in [4.69, 9.17) is 11.6 Å². The summed E-state index contributed by atoms with van der Waals surface area (Å²) in [6, 6.07) is 6.55. The Hall–Kier alpha value is -2.72. The Balaban J connectivity index is 1.69. The summed E-state index contributed by atoms with van der Waals surface area (Å²) in [5, 5.41) is 2.77. The second kappa shape index (κ2) is 9.73. The molecule has 2 aliphatic rings. The first-order valence-electron chi connectivity index (χ1n) is 11.3. The number of anilines is 1. The Kier molecular flexibility index (Phi) is 7.06. The largest absolute Gasteiger partial charge is 0.351 e. The summed E-state index contributed by atoms with van der Waals surface area (Å²) in [4.78, 5) is 35.7. The van der Waals surface area contributed by atoms with E-state index in [2.05, 4.69) is 26.9 Å². The van der Waals surface area contributed by atoms with Gasteiger partial charge in [0, 0.05) is 29.7 Å². The van der Waals surface area contributed by atoms with Crippen LogP contribution in [0.2, 0.25) is 0 Å². The Labute approximate surface area is 206 Å². The fourth-order valence-electron chi connectivity index (χ4n) is 4.37. The van der Waals surface area contributed by atoms with Crippen molar-refractivity contribution in [1.82, 2.24) is 15.3 Å². The lowest BCUT2D eigenvalue weighted by Gasteiger charge is -2.43. The maximum Gasteiger partial charge on any atom is 0.345 e. The van der Waals surface area contributed by atoms with Crippen LogP contribution in [0.15, 0.2) is 43.0 Å². The first kappa shape index (κ1) is 25.4. The highest BCUT2D eigenvalue weighted by Gasteiger charge is 2.49. The quantitative estimate of drug-likeness (QED) is 0.511. The highest BCUT2D eigenvalue weighted by molar-refractivity contribution is 6.32. The molecule has 188 valence electrons. The second-order valence-corrected chi connectivity index (χ2v) is 9.82. The van der Waals surface area contributed by atoms with E-state index in [0.717, 1.165) is 23.3 Å². The van der Waals surface area contributed by atoms with Gasteiger partial charge in [-0.25, -0.2) is 14.4 Å². The average molecular weight is 511 g/mol. The van der Waals surface area contributed by atoms with Gasteiger partial charge in [0.2, 0.25) is 0 Å². The van der Waals surface area contributed by atoms with Crippen LogP contribution in [0.25, 0.3) is 0 Å². The zero-order valence-electron chi connectivity index (χ0n) is 19.3. The molecule has 1 N–H and O–H groups in total. The Morgan fingerprint density at radius 1 is 1.17 bits per heavy atom. The van der Waals surface area contributed by atoms with Crippen LogP contribution >= 0.6 is 11.6 Å². The van der Waals surface area contributed by atoms with E-state index in [9.17, 15) is 22.8 Å². The van der Waals surface area contributed by atoms with Gasteiger partial charge in [0.05, 0.1) is 6.10 Å². The molecule has 11 heteroatoms. The molecule has 2 fully saturated rings. The van der Waals surface area contributed by atoms with Crippen LogP contribution in [0.5, 0.6) is 0 Å². The van der Waals surface area contributed by atoms with Crippen LogP contribution in [0.1, 0.15) is 50.7 Å². The highest BCUT2D eigenvalue weighted by atomic mass is 35.5. The van der Waals surface area contributed by atoms with Crippen molar-refractivity contribution in [2.45, 2.75) is 74.9 Å². The van der Waals surface area contributed by atoms with E-state index in [0.29, 0.717) is 0 Å². The number of rotatable bonds is 9. The predicted octanol–water partition coefficient (Wildman–Crippen LogP) is 4.20. The van der Waals surface area contributed by atoms with E-state index >= 15 is 0 Å². The van der Waals surface area contributed by atoms with Gasteiger partial charge in [-0.05, 0) is 55.7 Å². The van der Waals surface area contributed by atoms with Gasteiger partial charge in [0.1, 0.15) is 6.33 Å². The van der Waals surface area contributed by atoms with Crippen LogP contribution in [-0.2, 0) is 25.3 Å². The van der Waals surface area contributed by atoms with Crippen molar-refractivity contribution < 1.29 is 27.5 Å². The van der Waals surface area contributed by atoms with Gasteiger partial charge in [0.25, 0.3) is 17.4 Å². The van der Waals surface area contributed by atoms with Gasteiger partial charge in [-0.1, -0.05) is 30.7 Å². The summed E-state index contributed by atoms with van der Waals surface area (Å²) in [5.74, 6) is -1.79. The third kappa shape index (κ3) is 5.13. The number of nitrogens with one attached hydrogen (secondary N) is 1. The fourth-order valence-corrected chi connectivity index (χ4v) is 4.47. The van der Waals surface area contributed by atoms with Crippen molar-refractivity contribution in [2.75, 3.05) is 4.90 Å². The maximum absolute atomic E-state index is 14.3. The molecular formula is C24H26ClF3N4O3. The number of carbonyl (C=O) groups excluding carboxylic acids is 2. The third-order valence-corrected chi connectivity index (χ3v) is 7.15. The van der Waals surface area contributed by atoms with Crippen molar-refractivity contribution in [3.63, 3.8) is 0 Å². The lowest BCUT2D eigenvalue weighted by Crippen LogP contribution is -2.61. The van der Waals surface area contributed by atoms with E-state index in [1.165, 1.54) is 25.6 Å². The zero-order chi connectivity index (χ0) is 25.4. The van der Waals surface area contributed by atoms with E-state index in [1.54, 1.807) is 12.1 Å². The van der Waals surface area contributed by atoms with Gasteiger partial charge in [0.15, 0.2) is 5.54 Å². The van der Waals surface area contributed by atoms with E-state index in [1.807, 2.05) is 12.1 Å². The minimum Gasteiger partial charge on any atom is -0.351 e. The standard InChI is InChI=1S/C24H26ClF3N4O3/c1-23(7-8-23)14-3-5-17(6-4-14)32(20(33)19(25)26)24(2,15-11-29-13-30-12-15)21(34)31-16-9-18(10-16)35-22(27)28/h3-6,11-13,16,18-19,22H,7-10H2,1-2H3,(H,31,34)/t16?,18?,19-,24+/m0/s1. The Morgan fingerprint density at radius 3 is 2.29 bits per heavy atom. The number of alkyl halides is 4. The van der Waals surface area contributed by atoms with Gasteiger partial charge >= 0.3 is 6.61 Å². The molecule has 2 amide bonds. The second-order valence-electron chi connectivity index (χ2n) is 9.44. The van der Waals surface area contributed by atoms with Gasteiger partial charge < -0.3 is 10.1 Å². The SMILES string of the molecule is CC1(c2ccc(N(C(=O)[C@H](F)Cl)[C@@](C)(C(=O)NC3CC(OC(F)F)C3)c3cncnc3)cc2)CC1. The number of hydrogen-bond donors (Lipinski definition) is 1. The molecule has 0 radical (unpaired) electrons. The monoisotopic (exact) mass is 510 g/mol. The molecule has 2 aromatic rings. The molecule has 2 saturated carbocycles. The van der Waals surface area contributed by atoms with Crippen LogP contribution in [0, 0.1) is 0 Å². The van der Waals surface area contributed by atoms with Crippen LogP contribution < -0.4 is 10.2 Å². The molecule has 7 nitrogen and oxygen atoms in total. The number of hydrogen-bond acceptors (Lipinski definition) is 5. The van der Waals surface area contributed by atoms with Crippen molar-refractivity contribution in [3.05, 3.63) is 54.1 Å². The van der Waals surface area contributed by atoms with Crippen molar-refractivity contribution in [3.8, 4) is 0 Å². The summed E-state index contributed by atoms with van der Waals surface area (Å²) >= 11 is 5.59. The molecule has 0 bridgehead atoms. The molecule has 0 saturated heterocycles. The van der Waals surface area contributed by atoms with Crippen molar-refractivity contribution in [2.24, 2.45) is 0 Å². The topological polar surface area (TPSA) is 84.4 Å². The molecule has 2 atom stereocenters. The predicted molar refractivity (Wildman–Crippen MR) is 123 cm³/mol. The Morgan fingerprint density at radius 2 is 1.77 bits per heavy atom. The zero-order valence-corrected chi connectivity index (χ0v) is 20.0.